The van der Waals surface area contributed by atoms with Crippen molar-refractivity contribution in [3.05, 3.63) is 33.8 Å². The van der Waals surface area contributed by atoms with Gasteiger partial charge in [-0.05, 0) is 31.9 Å². The molecule has 1 aromatic carbocycles. The molecule has 0 saturated heterocycles. The molecule has 3 N–H and O–H groups in total. The fourth-order valence-corrected chi connectivity index (χ4v) is 2.27. The zero-order chi connectivity index (χ0) is 16.7. The van der Waals surface area contributed by atoms with Crippen LogP contribution in [0.4, 0.5) is 0 Å². The second kappa shape index (κ2) is 8.98. The van der Waals surface area contributed by atoms with Crippen molar-refractivity contribution in [3.8, 4) is 0 Å². The van der Waals surface area contributed by atoms with Crippen molar-refractivity contribution in [2.45, 2.75) is 38.8 Å². The van der Waals surface area contributed by atoms with E-state index in [-0.39, 0.29) is 34.2 Å². The van der Waals surface area contributed by atoms with Crippen LogP contribution in [-0.2, 0) is 4.79 Å². The third-order valence-electron chi connectivity index (χ3n) is 3.25. The van der Waals surface area contributed by atoms with E-state index in [1.165, 1.54) is 6.07 Å². The molecule has 0 heterocycles. The van der Waals surface area contributed by atoms with Crippen molar-refractivity contribution in [1.29, 1.82) is 0 Å². The Morgan fingerprint density at radius 2 is 1.95 bits per heavy atom. The summed E-state index contributed by atoms with van der Waals surface area (Å²) in [6.45, 7) is 3.49. The molecule has 0 aliphatic heterocycles. The van der Waals surface area contributed by atoms with Gasteiger partial charge in [-0.3, -0.25) is 9.59 Å². The molecule has 2 unspecified atom stereocenters. The highest BCUT2D eigenvalue weighted by molar-refractivity contribution is 6.43. The van der Waals surface area contributed by atoms with E-state index < -0.39 is 11.9 Å². The van der Waals surface area contributed by atoms with Crippen molar-refractivity contribution < 1.29 is 14.7 Å². The molecule has 0 radical (unpaired) electrons. The van der Waals surface area contributed by atoms with Gasteiger partial charge in [0.05, 0.1) is 15.6 Å². The molecule has 0 aromatic heterocycles. The second-order valence-corrected chi connectivity index (χ2v) is 5.71. The fourth-order valence-electron chi connectivity index (χ4n) is 1.88. The highest BCUT2D eigenvalue weighted by Crippen LogP contribution is 2.25. The molecular weight excluding hydrogens is 327 g/mol. The maximum Gasteiger partial charge on any atom is 0.253 e. The minimum atomic E-state index is -0.727. The Kier molecular flexibility index (Phi) is 7.65. The van der Waals surface area contributed by atoms with Crippen molar-refractivity contribution in [2.24, 2.45) is 0 Å². The smallest absolute Gasteiger partial charge is 0.253 e. The molecule has 5 nitrogen and oxygen atoms in total. The maximum atomic E-state index is 12.1. The number of carbonyl (C=O) groups excluding carboxylic acids is 2. The molecule has 2 atom stereocenters. The summed E-state index contributed by atoms with van der Waals surface area (Å²) in [6, 6.07) is 3.89. The number of rotatable bonds is 7. The van der Waals surface area contributed by atoms with Crippen LogP contribution in [0.15, 0.2) is 18.2 Å². The van der Waals surface area contributed by atoms with Gasteiger partial charge < -0.3 is 15.7 Å². The van der Waals surface area contributed by atoms with Crippen LogP contribution in [0, 0.1) is 0 Å². The molecule has 1 aromatic rings. The lowest BCUT2D eigenvalue weighted by Gasteiger charge is -2.20. The van der Waals surface area contributed by atoms with Crippen molar-refractivity contribution >= 4 is 35.0 Å². The lowest BCUT2D eigenvalue weighted by Crippen LogP contribution is -2.48. The summed E-state index contributed by atoms with van der Waals surface area (Å²) >= 11 is 11.8. The number of hydrogen-bond donors (Lipinski definition) is 3. The van der Waals surface area contributed by atoms with Gasteiger partial charge in [0.2, 0.25) is 5.91 Å². The zero-order valence-corrected chi connectivity index (χ0v) is 14.0. The van der Waals surface area contributed by atoms with Crippen LogP contribution in [0.2, 0.25) is 10.0 Å². The standard InChI is InChI=1S/C15H20Cl2N2O3/c1-3-10(7-8-20)19-14(21)9(2)18-15(22)11-5-4-6-12(16)13(11)17/h4-6,9-10,20H,3,7-8H2,1-2H3,(H,18,22)(H,19,21). The maximum absolute atomic E-state index is 12.1. The Labute approximate surface area is 140 Å². The predicted octanol–water partition coefficient (Wildman–Crippen LogP) is 2.39. The van der Waals surface area contributed by atoms with Gasteiger partial charge in [-0.25, -0.2) is 0 Å². The number of nitrogens with one attached hydrogen (secondary N) is 2. The van der Waals surface area contributed by atoms with E-state index in [0.717, 1.165) is 0 Å². The predicted molar refractivity (Wildman–Crippen MR) is 87.3 cm³/mol. The van der Waals surface area contributed by atoms with Crippen LogP contribution in [0.1, 0.15) is 37.0 Å². The molecule has 7 heteroatoms. The minimum Gasteiger partial charge on any atom is -0.396 e. The average Bonchev–Trinajstić information content (AvgIpc) is 2.49. The van der Waals surface area contributed by atoms with E-state index >= 15 is 0 Å². The third kappa shape index (κ3) is 5.16. The van der Waals surface area contributed by atoms with Crippen molar-refractivity contribution in [1.82, 2.24) is 10.6 Å². The topological polar surface area (TPSA) is 78.4 Å². The Hall–Kier alpha value is -1.30. The minimum absolute atomic E-state index is 0.00233. The summed E-state index contributed by atoms with van der Waals surface area (Å²) in [5.41, 5.74) is 0.219. The van der Waals surface area contributed by atoms with Gasteiger partial charge >= 0.3 is 0 Å². The number of benzene rings is 1. The van der Waals surface area contributed by atoms with E-state index in [1.54, 1.807) is 19.1 Å². The first-order chi connectivity index (χ1) is 10.4. The number of halogens is 2. The van der Waals surface area contributed by atoms with E-state index in [9.17, 15) is 9.59 Å². The quantitative estimate of drug-likeness (QED) is 0.709. The number of aliphatic hydroxyl groups excluding tert-OH is 1. The molecule has 0 saturated carbocycles. The van der Waals surface area contributed by atoms with Crippen LogP contribution in [0.25, 0.3) is 0 Å². The van der Waals surface area contributed by atoms with E-state index in [2.05, 4.69) is 10.6 Å². The van der Waals surface area contributed by atoms with Gasteiger partial charge in [0.25, 0.3) is 5.91 Å². The molecule has 0 aliphatic carbocycles. The molecule has 0 spiro atoms. The van der Waals surface area contributed by atoms with E-state index in [4.69, 9.17) is 28.3 Å². The second-order valence-electron chi connectivity index (χ2n) is 4.92. The lowest BCUT2D eigenvalue weighted by molar-refractivity contribution is -0.123. The largest absolute Gasteiger partial charge is 0.396 e. The van der Waals surface area contributed by atoms with Crippen LogP contribution >= 0.6 is 23.2 Å². The third-order valence-corrected chi connectivity index (χ3v) is 4.07. The lowest BCUT2D eigenvalue weighted by atomic mass is 10.1. The summed E-state index contributed by atoms with van der Waals surface area (Å²) in [6.07, 6.45) is 1.18. The molecule has 0 fully saturated rings. The summed E-state index contributed by atoms with van der Waals surface area (Å²) in [7, 11) is 0. The molecule has 1 rings (SSSR count). The number of carbonyl (C=O) groups is 2. The monoisotopic (exact) mass is 346 g/mol. The Balaban J connectivity index is 2.67. The summed E-state index contributed by atoms with van der Waals surface area (Å²) in [4.78, 5) is 24.2. The summed E-state index contributed by atoms with van der Waals surface area (Å²) in [5.74, 6) is -0.780. The summed E-state index contributed by atoms with van der Waals surface area (Å²) in [5, 5.41) is 14.7. The first kappa shape index (κ1) is 18.7. The van der Waals surface area contributed by atoms with E-state index in [1.807, 2.05) is 6.92 Å². The summed E-state index contributed by atoms with van der Waals surface area (Å²) < 4.78 is 0. The van der Waals surface area contributed by atoms with Gasteiger partial charge in [-0.2, -0.15) is 0 Å². The fraction of sp³-hybridized carbons (Fsp3) is 0.467. The highest BCUT2D eigenvalue weighted by Gasteiger charge is 2.20. The van der Waals surface area contributed by atoms with Gasteiger partial charge in [0.15, 0.2) is 0 Å². The SMILES string of the molecule is CCC(CCO)NC(=O)C(C)NC(=O)c1cccc(Cl)c1Cl. The van der Waals surface area contributed by atoms with Crippen LogP contribution in [0.3, 0.4) is 0 Å². The van der Waals surface area contributed by atoms with Crippen LogP contribution in [0.5, 0.6) is 0 Å². The molecule has 22 heavy (non-hydrogen) atoms. The van der Waals surface area contributed by atoms with Gasteiger partial charge in [0, 0.05) is 12.6 Å². The van der Waals surface area contributed by atoms with Gasteiger partial charge in [-0.1, -0.05) is 36.2 Å². The van der Waals surface area contributed by atoms with Gasteiger partial charge in [0.1, 0.15) is 6.04 Å². The molecule has 122 valence electrons. The number of aliphatic hydroxyl groups is 1. The molecule has 0 aliphatic rings. The van der Waals surface area contributed by atoms with Crippen LogP contribution in [-0.4, -0.2) is 35.6 Å². The van der Waals surface area contributed by atoms with E-state index in [0.29, 0.717) is 12.8 Å². The zero-order valence-electron chi connectivity index (χ0n) is 12.5. The molecule has 2 amide bonds. The number of hydrogen-bond acceptors (Lipinski definition) is 3. The van der Waals surface area contributed by atoms with Crippen molar-refractivity contribution in [3.63, 3.8) is 0 Å². The average molecular weight is 347 g/mol. The molecular formula is C15H20Cl2N2O3. The first-order valence-electron chi connectivity index (χ1n) is 7.06. The Bertz CT molecular complexity index is 538. The number of amides is 2. The van der Waals surface area contributed by atoms with Gasteiger partial charge in [-0.15, -0.1) is 0 Å². The molecule has 0 bridgehead atoms. The first-order valence-corrected chi connectivity index (χ1v) is 7.82. The highest BCUT2D eigenvalue weighted by atomic mass is 35.5. The van der Waals surface area contributed by atoms with Crippen molar-refractivity contribution in [2.75, 3.05) is 6.61 Å². The Morgan fingerprint density at radius 3 is 2.55 bits per heavy atom. The van der Waals surface area contributed by atoms with Crippen LogP contribution < -0.4 is 10.6 Å². The normalized spacial score (nSPS) is 13.3. The Morgan fingerprint density at radius 1 is 1.27 bits per heavy atom.